The summed E-state index contributed by atoms with van der Waals surface area (Å²) in [7, 11) is 1.68. The van der Waals surface area contributed by atoms with Gasteiger partial charge in [-0.3, -0.25) is 0 Å². The first-order chi connectivity index (χ1) is 11.8. The van der Waals surface area contributed by atoms with Crippen LogP contribution in [0.1, 0.15) is 5.56 Å². The van der Waals surface area contributed by atoms with Crippen molar-refractivity contribution < 1.29 is 14.8 Å². The van der Waals surface area contributed by atoms with Crippen molar-refractivity contribution in [3.63, 3.8) is 0 Å². The highest BCUT2D eigenvalue weighted by Gasteiger charge is 2.22. The standard InChI is InChI=1S/C19H23N3O2/c1-24-18-9-7-17(8-10-18)22-13-11-21(12-14-22)15-19(20-23)16-5-3-2-4-6-16/h2-10,23H,11-15H2,1H3/p+1. The Morgan fingerprint density at radius 1 is 1.08 bits per heavy atom. The number of piperazine rings is 1. The van der Waals surface area contributed by atoms with Crippen molar-refractivity contribution in [2.45, 2.75) is 0 Å². The molecule has 0 aliphatic carbocycles. The van der Waals surface area contributed by atoms with E-state index < -0.39 is 0 Å². The van der Waals surface area contributed by atoms with Crippen LogP contribution < -0.4 is 14.5 Å². The molecule has 3 rings (SSSR count). The van der Waals surface area contributed by atoms with Crippen LogP contribution in [0.3, 0.4) is 0 Å². The van der Waals surface area contributed by atoms with Crippen molar-refractivity contribution in [1.82, 2.24) is 0 Å². The summed E-state index contributed by atoms with van der Waals surface area (Å²) in [6.07, 6.45) is 0. The molecule has 1 aliphatic heterocycles. The Hall–Kier alpha value is -2.53. The van der Waals surface area contributed by atoms with Gasteiger partial charge in [-0.25, -0.2) is 0 Å². The predicted molar refractivity (Wildman–Crippen MR) is 95.5 cm³/mol. The minimum Gasteiger partial charge on any atom is -0.497 e. The van der Waals surface area contributed by atoms with Crippen LogP contribution in [0.5, 0.6) is 5.75 Å². The number of benzene rings is 2. The van der Waals surface area contributed by atoms with E-state index in [-0.39, 0.29) is 0 Å². The monoisotopic (exact) mass is 326 g/mol. The summed E-state index contributed by atoms with van der Waals surface area (Å²) in [5, 5.41) is 12.9. The molecule has 5 heteroatoms. The first kappa shape index (κ1) is 16.3. The van der Waals surface area contributed by atoms with Crippen molar-refractivity contribution in [3.05, 3.63) is 60.2 Å². The molecule has 0 spiro atoms. The molecule has 24 heavy (non-hydrogen) atoms. The van der Waals surface area contributed by atoms with Gasteiger partial charge in [0.05, 0.1) is 33.3 Å². The van der Waals surface area contributed by atoms with Gasteiger partial charge in [0.1, 0.15) is 18.0 Å². The van der Waals surface area contributed by atoms with Gasteiger partial charge in [-0.05, 0) is 24.3 Å². The second-order valence-electron chi connectivity index (χ2n) is 6.02. The molecular weight excluding hydrogens is 302 g/mol. The van der Waals surface area contributed by atoms with Gasteiger partial charge in [-0.1, -0.05) is 35.5 Å². The van der Waals surface area contributed by atoms with Gasteiger partial charge < -0.3 is 19.7 Å². The Labute approximate surface area is 142 Å². The summed E-state index contributed by atoms with van der Waals surface area (Å²) in [5.41, 5.74) is 2.97. The fraction of sp³-hybridized carbons (Fsp3) is 0.316. The molecule has 0 radical (unpaired) electrons. The molecule has 1 saturated heterocycles. The third-order valence-corrected chi connectivity index (χ3v) is 4.55. The van der Waals surface area contributed by atoms with Crippen molar-refractivity contribution in [2.75, 3.05) is 44.7 Å². The minimum atomic E-state index is 0.747. The van der Waals surface area contributed by atoms with Crippen LogP contribution in [0.15, 0.2) is 59.8 Å². The zero-order chi connectivity index (χ0) is 16.8. The Morgan fingerprint density at radius 3 is 2.33 bits per heavy atom. The molecule has 0 unspecified atom stereocenters. The third-order valence-electron chi connectivity index (χ3n) is 4.55. The highest BCUT2D eigenvalue weighted by atomic mass is 16.5. The van der Waals surface area contributed by atoms with Crippen LogP contribution in [0, 0.1) is 0 Å². The lowest BCUT2D eigenvalue weighted by atomic mass is 10.1. The van der Waals surface area contributed by atoms with E-state index in [2.05, 4.69) is 22.2 Å². The lowest BCUT2D eigenvalue weighted by Gasteiger charge is -2.33. The Balaban J connectivity index is 1.56. The lowest BCUT2D eigenvalue weighted by molar-refractivity contribution is -0.891. The maximum absolute atomic E-state index is 9.34. The fourth-order valence-electron chi connectivity index (χ4n) is 3.11. The Kier molecular flexibility index (Phi) is 5.33. The van der Waals surface area contributed by atoms with E-state index in [9.17, 15) is 5.21 Å². The minimum absolute atomic E-state index is 0.747. The molecular formula is C19H24N3O2+. The molecule has 1 heterocycles. The van der Waals surface area contributed by atoms with E-state index in [0.717, 1.165) is 49.7 Å². The Morgan fingerprint density at radius 2 is 1.75 bits per heavy atom. The van der Waals surface area contributed by atoms with Crippen LogP contribution in [-0.4, -0.2) is 50.8 Å². The average Bonchev–Trinajstić information content (AvgIpc) is 2.67. The molecule has 0 bridgehead atoms. The number of ether oxygens (including phenoxy) is 1. The van der Waals surface area contributed by atoms with Crippen LogP contribution in [0.25, 0.3) is 0 Å². The lowest BCUT2D eigenvalue weighted by Crippen LogP contribution is -3.15. The third kappa shape index (κ3) is 3.86. The van der Waals surface area contributed by atoms with Crippen LogP contribution >= 0.6 is 0 Å². The maximum atomic E-state index is 9.34. The number of oxime groups is 1. The molecule has 1 fully saturated rings. The van der Waals surface area contributed by atoms with Crippen molar-refractivity contribution in [1.29, 1.82) is 0 Å². The number of nitrogens with one attached hydrogen (secondary N) is 1. The van der Waals surface area contributed by atoms with Gasteiger partial charge in [-0.2, -0.15) is 0 Å². The summed E-state index contributed by atoms with van der Waals surface area (Å²) in [6, 6.07) is 18.1. The van der Waals surface area contributed by atoms with E-state index in [4.69, 9.17) is 4.74 Å². The number of quaternary nitrogens is 1. The Bertz CT molecular complexity index is 663. The normalized spacial score (nSPS) is 16.2. The summed E-state index contributed by atoms with van der Waals surface area (Å²) in [5.74, 6) is 0.884. The van der Waals surface area contributed by atoms with Gasteiger partial charge in [0, 0.05) is 11.3 Å². The molecule has 0 aromatic heterocycles. The first-order valence-electron chi connectivity index (χ1n) is 8.29. The molecule has 2 aromatic carbocycles. The number of hydrogen-bond acceptors (Lipinski definition) is 4. The molecule has 0 amide bonds. The number of anilines is 1. The van der Waals surface area contributed by atoms with Gasteiger partial charge in [0.15, 0.2) is 0 Å². The highest BCUT2D eigenvalue weighted by molar-refractivity contribution is 6.00. The number of methoxy groups -OCH3 is 1. The van der Waals surface area contributed by atoms with E-state index in [1.807, 2.05) is 42.5 Å². The molecule has 0 atom stereocenters. The zero-order valence-electron chi connectivity index (χ0n) is 14.0. The SMILES string of the molecule is COc1ccc(N2CC[NH+](CC(=NO)c3ccccc3)CC2)cc1. The second-order valence-corrected chi connectivity index (χ2v) is 6.02. The second kappa shape index (κ2) is 7.84. The summed E-state index contributed by atoms with van der Waals surface area (Å²) in [4.78, 5) is 3.83. The van der Waals surface area contributed by atoms with E-state index in [1.165, 1.54) is 10.6 Å². The van der Waals surface area contributed by atoms with Crippen LogP contribution in [0.2, 0.25) is 0 Å². The largest absolute Gasteiger partial charge is 0.497 e. The molecule has 126 valence electrons. The molecule has 2 N–H and O–H groups in total. The fourth-order valence-corrected chi connectivity index (χ4v) is 3.11. The van der Waals surface area contributed by atoms with Crippen molar-refractivity contribution in [3.8, 4) is 5.75 Å². The summed E-state index contributed by atoms with van der Waals surface area (Å²) in [6.45, 7) is 4.79. The quantitative estimate of drug-likeness (QED) is 0.494. The molecule has 1 aliphatic rings. The van der Waals surface area contributed by atoms with Crippen LogP contribution in [-0.2, 0) is 0 Å². The number of rotatable bonds is 5. The molecule has 5 nitrogen and oxygen atoms in total. The van der Waals surface area contributed by atoms with E-state index in [0.29, 0.717) is 0 Å². The first-order valence-corrected chi connectivity index (χ1v) is 8.29. The summed E-state index contributed by atoms with van der Waals surface area (Å²) < 4.78 is 5.21. The van der Waals surface area contributed by atoms with Crippen molar-refractivity contribution in [2.24, 2.45) is 5.16 Å². The number of hydrogen-bond donors (Lipinski definition) is 2. The average molecular weight is 326 g/mol. The molecule has 0 saturated carbocycles. The number of nitrogens with zero attached hydrogens (tertiary/aromatic N) is 2. The van der Waals surface area contributed by atoms with Gasteiger partial charge >= 0.3 is 0 Å². The van der Waals surface area contributed by atoms with Crippen LogP contribution in [0.4, 0.5) is 5.69 Å². The smallest absolute Gasteiger partial charge is 0.141 e. The van der Waals surface area contributed by atoms with Gasteiger partial charge in [0.25, 0.3) is 0 Å². The predicted octanol–water partition coefficient (Wildman–Crippen LogP) is 1.28. The van der Waals surface area contributed by atoms with E-state index in [1.54, 1.807) is 7.11 Å². The maximum Gasteiger partial charge on any atom is 0.141 e. The highest BCUT2D eigenvalue weighted by Crippen LogP contribution is 2.18. The zero-order valence-corrected chi connectivity index (χ0v) is 14.0. The topological polar surface area (TPSA) is 49.5 Å². The van der Waals surface area contributed by atoms with E-state index >= 15 is 0 Å². The van der Waals surface area contributed by atoms with Crippen molar-refractivity contribution >= 4 is 11.4 Å². The van der Waals surface area contributed by atoms with Gasteiger partial charge in [-0.15, -0.1) is 0 Å². The summed E-state index contributed by atoms with van der Waals surface area (Å²) >= 11 is 0. The molecule has 2 aromatic rings. The van der Waals surface area contributed by atoms with Gasteiger partial charge in [0.2, 0.25) is 0 Å².